The molecule has 28 heavy (non-hydrogen) atoms. The Labute approximate surface area is 186 Å². The molecule has 0 saturated carbocycles. The minimum absolute atomic E-state index is 0. The zero-order valence-electron chi connectivity index (χ0n) is 17.6. The molecule has 1 saturated heterocycles. The summed E-state index contributed by atoms with van der Waals surface area (Å²) >= 11 is 0. The number of aliphatic imine (C=N–C) groups is 1. The van der Waals surface area contributed by atoms with E-state index >= 15 is 0 Å². The smallest absolute Gasteiger partial charge is 0.193 e. The summed E-state index contributed by atoms with van der Waals surface area (Å²) in [6, 6.07) is 13.1. The van der Waals surface area contributed by atoms with Crippen LogP contribution in [0.2, 0.25) is 0 Å². The highest BCUT2D eigenvalue weighted by atomic mass is 127. The van der Waals surface area contributed by atoms with Crippen LogP contribution in [0.3, 0.4) is 0 Å². The molecule has 0 radical (unpaired) electrons. The number of benzene rings is 1. The lowest BCUT2D eigenvalue weighted by Gasteiger charge is -2.39. The molecule has 1 N–H and O–H groups in total. The van der Waals surface area contributed by atoms with Gasteiger partial charge < -0.3 is 10.2 Å². The van der Waals surface area contributed by atoms with Gasteiger partial charge in [0.05, 0.1) is 5.69 Å². The van der Waals surface area contributed by atoms with Crippen molar-refractivity contribution >= 4 is 29.9 Å². The van der Waals surface area contributed by atoms with Gasteiger partial charge in [-0.2, -0.15) is 5.10 Å². The Morgan fingerprint density at radius 3 is 2.61 bits per heavy atom. The largest absolute Gasteiger partial charge is 0.356 e. The van der Waals surface area contributed by atoms with Gasteiger partial charge in [-0.1, -0.05) is 37.3 Å². The van der Waals surface area contributed by atoms with Gasteiger partial charge in [0.1, 0.15) is 0 Å². The van der Waals surface area contributed by atoms with Crippen molar-refractivity contribution in [2.24, 2.45) is 10.9 Å². The van der Waals surface area contributed by atoms with Crippen molar-refractivity contribution in [1.82, 2.24) is 20.0 Å². The topological polar surface area (TPSA) is 45.5 Å². The highest BCUT2D eigenvalue weighted by molar-refractivity contribution is 14.0. The van der Waals surface area contributed by atoms with Crippen molar-refractivity contribution in [3.8, 4) is 0 Å². The third-order valence-electron chi connectivity index (χ3n) is 5.58. The molecule has 0 bridgehead atoms. The standard InChI is InChI=1S/C22H33N5.HI/c1-17-16-26(14-11-21(17)20-9-6-5-7-10-20)22(23-4)24-12-8-13-27-19(3)15-18(2)25-27;/h5-7,9-10,15,17,21H,8,11-14,16H2,1-4H3,(H,23,24);1H. The van der Waals surface area contributed by atoms with Gasteiger partial charge in [-0.15, -0.1) is 24.0 Å². The molecule has 2 unspecified atom stereocenters. The summed E-state index contributed by atoms with van der Waals surface area (Å²) in [5.74, 6) is 2.29. The first kappa shape index (κ1) is 22.7. The summed E-state index contributed by atoms with van der Waals surface area (Å²) in [5, 5.41) is 8.08. The quantitative estimate of drug-likeness (QED) is 0.293. The van der Waals surface area contributed by atoms with E-state index in [1.807, 2.05) is 14.0 Å². The number of nitrogens with zero attached hydrogens (tertiary/aromatic N) is 4. The molecule has 1 aliphatic rings. The summed E-state index contributed by atoms with van der Waals surface area (Å²) in [6.45, 7) is 10.5. The highest BCUT2D eigenvalue weighted by Crippen LogP contribution is 2.32. The Balaban J connectivity index is 0.00000280. The maximum atomic E-state index is 4.53. The van der Waals surface area contributed by atoms with E-state index in [-0.39, 0.29) is 24.0 Å². The fourth-order valence-corrected chi connectivity index (χ4v) is 4.20. The van der Waals surface area contributed by atoms with E-state index in [2.05, 4.69) is 75.2 Å². The molecular formula is C22H34IN5. The Kier molecular flexibility index (Phi) is 8.79. The van der Waals surface area contributed by atoms with Gasteiger partial charge in [-0.25, -0.2) is 0 Å². The third-order valence-corrected chi connectivity index (χ3v) is 5.58. The molecule has 3 rings (SSSR count). The second-order valence-corrected chi connectivity index (χ2v) is 7.71. The lowest BCUT2D eigenvalue weighted by molar-refractivity contribution is 0.234. The van der Waals surface area contributed by atoms with Gasteiger partial charge in [-0.05, 0) is 50.2 Å². The van der Waals surface area contributed by atoms with Crippen LogP contribution in [-0.2, 0) is 6.54 Å². The highest BCUT2D eigenvalue weighted by Gasteiger charge is 2.28. The Hall–Kier alpha value is -1.57. The molecule has 1 aromatic heterocycles. The van der Waals surface area contributed by atoms with Crippen LogP contribution in [0.15, 0.2) is 41.4 Å². The molecule has 154 valence electrons. The lowest BCUT2D eigenvalue weighted by atomic mass is 9.82. The molecule has 2 aromatic rings. The third kappa shape index (κ3) is 5.72. The molecular weight excluding hydrogens is 461 g/mol. The number of guanidine groups is 1. The Bertz CT molecular complexity index is 756. The molecule has 2 atom stereocenters. The van der Waals surface area contributed by atoms with Crippen LogP contribution in [0.1, 0.15) is 42.6 Å². The second kappa shape index (κ2) is 10.8. The summed E-state index contributed by atoms with van der Waals surface area (Å²) in [7, 11) is 1.89. The lowest BCUT2D eigenvalue weighted by Crippen LogP contribution is -2.48. The van der Waals surface area contributed by atoms with Crippen LogP contribution < -0.4 is 5.32 Å². The van der Waals surface area contributed by atoms with Crippen LogP contribution in [0.5, 0.6) is 0 Å². The average molecular weight is 495 g/mol. The zero-order chi connectivity index (χ0) is 19.2. The van der Waals surface area contributed by atoms with Gasteiger partial charge in [-0.3, -0.25) is 9.67 Å². The van der Waals surface area contributed by atoms with Crippen LogP contribution in [0.4, 0.5) is 0 Å². The number of nitrogens with one attached hydrogen (secondary N) is 1. The molecule has 0 amide bonds. The van der Waals surface area contributed by atoms with Gasteiger partial charge in [0.2, 0.25) is 0 Å². The molecule has 1 aromatic carbocycles. The monoisotopic (exact) mass is 495 g/mol. The summed E-state index contributed by atoms with van der Waals surface area (Å²) in [4.78, 5) is 6.93. The molecule has 0 spiro atoms. The van der Waals surface area contributed by atoms with Gasteiger partial charge in [0.25, 0.3) is 0 Å². The van der Waals surface area contributed by atoms with E-state index in [1.165, 1.54) is 17.7 Å². The van der Waals surface area contributed by atoms with E-state index in [1.54, 1.807) is 0 Å². The van der Waals surface area contributed by atoms with Gasteiger partial charge in [0.15, 0.2) is 5.96 Å². The number of hydrogen-bond donors (Lipinski definition) is 1. The van der Waals surface area contributed by atoms with E-state index in [0.29, 0.717) is 11.8 Å². The minimum Gasteiger partial charge on any atom is -0.356 e. The van der Waals surface area contributed by atoms with Crippen molar-refractivity contribution in [3.63, 3.8) is 0 Å². The maximum Gasteiger partial charge on any atom is 0.193 e. The van der Waals surface area contributed by atoms with Gasteiger partial charge in [0, 0.05) is 38.9 Å². The molecule has 5 nitrogen and oxygen atoms in total. The normalized spacial score (nSPS) is 20.0. The van der Waals surface area contributed by atoms with Crippen LogP contribution >= 0.6 is 24.0 Å². The number of likely N-dealkylation sites (tertiary alicyclic amines) is 1. The minimum atomic E-state index is 0. The Morgan fingerprint density at radius 2 is 2.00 bits per heavy atom. The first-order chi connectivity index (χ1) is 13.1. The van der Waals surface area contributed by atoms with Crippen LogP contribution in [0, 0.1) is 19.8 Å². The average Bonchev–Trinajstić information content (AvgIpc) is 2.99. The van der Waals surface area contributed by atoms with E-state index in [4.69, 9.17) is 0 Å². The first-order valence-electron chi connectivity index (χ1n) is 10.1. The summed E-state index contributed by atoms with van der Waals surface area (Å²) in [6.07, 6.45) is 2.22. The summed E-state index contributed by atoms with van der Waals surface area (Å²) in [5.41, 5.74) is 3.79. The second-order valence-electron chi connectivity index (χ2n) is 7.71. The molecule has 1 fully saturated rings. The molecule has 1 aliphatic heterocycles. The van der Waals surface area contributed by atoms with Gasteiger partial charge >= 0.3 is 0 Å². The summed E-state index contributed by atoms with van der Waals surface area (Å²) < 4.78 is 2.09. The number of aryl methyl sites for hydroxylation is 3. The maximum absolute atomic E-state index is 4.53. The SMILES string of the molecule is CN=C(NCCCn1nc(C)cc1C)N1CCC(c2ccccc2)C(C)C1.I. The number of halogens is 1. The zero-order valence-corrected chi connectivity index (χ0v) is 19.9. The molecule has 6 heteroatoms. The predicted octanol–water partition coefficient (Wildman–Crippen LogP) is 4.21. The fourth-order valence-electron chi connectivity index (χ4n) is 4.20. The molecule has 2 heterocycles. The Morgan fingerprint density at radius 1 is 1.25 bits per heavy atom. The first-order valence-corrected chi connectivity index (χ1v) is 10.1. The van der Waals surface area contributed by atoms with Crippen molar-refractivity contribution in [1.29, 1.82) is 0 Å². The van der Waals surface area contributed by atoms with E-state index < -0.39 is 0 Å². The van der Waals surface area contributed by atoms with Crippen LogP contribution in [-0.4, -0.2) is 47.3 Å². The fraction of sp³-hybridized carbons (Fsp3) is 0.545. The number of rotatable bonds is 5. The number of hydrogen-bond acceptors (Lipinski definition) is 2. The predicted molar refractivity (Wildman–Crippen MR) is 128 cm³/mol. The van der Waals surface area contributed by atoms with Crippen LogP contribution in [0.25, 0.3) is 0 Å². The van der Waals surface area contributed by atoms with Crippen molar-refractivity contribution in [2.75, 3.05) is 26.7 Å². The number of aromatic nitrogens is 2. The van der Waals surface area contributed by atoms with Crippen molar-refractivity contribution in [2.45, 2.75) is 46.1 Å². The van der Waals surface area contributed by atoms with E-state index in [0.717, 1.165) is 44.3 Å². The number of piperidine rings is 1. The van der Waals surface area contributed by atoms with Crippen molar-refractivity contribution < 1.29 is 0 Å². The van der Waals surface area contributed by atoms with E-state index in [9.17, 15) is 0 Å². The molecule has 0 aliphatic carbocycles. The van der Waals surface area contributed by atoms with Crippen molar-refractivity contribution in [3.05, 3.63) is 53.3 Å².